The summed E-state index contributed by atoms with van der Waals surface area (Å²) in [4.78, 5) is 12.2. The topological polar surface area (TPSA) is 88.2 Å². The van der Waals surface area contributed by atoms with Gasteiger partial charge in [0.2, 0.25) is 0 Å². The van der Waals surface area contributed by atoms with Crippen LogP contribution in [0.1, 0.15) is 16.9 Å². The first-order valence-electron chi connectivity index (χ1n) is 8.48. The fraction of sp³-hybridized carbons (Fsp3) is 0.0952. The number of nitrogens with zero attached hydrogens (tertiary/aromatic N) is 2. The van der Waals surface area contributed by atoms with Crippen molar-refractivity contribution >= 4 is 29.4 Å². The van der Waals surface area contributed by atoms with Gasteiger partial charge in [-0.15, -0.1) is 0 Å². The molecular formula is C21H15ClFN3O3. The van der Waals surface area contributed by atoms with E-state index in [-0.39, 0.29) is 23.8 Å². The minimum atomic E-state index is -0.617. The Labute approximate surface area is 171 Å². The van der Waals surface area contributed by atoms with Gasteiger partial charge in [-0.1, -0.05) is 35.0 Å². The predicted molar refractivity (Wildman–Crippen MR) is 106 cm³/mol. The molecule has 0 spiro atoms. The maximum absolute atomic E-state index is 12.9. The zero-order valence-electron chi connectivity index (χ0n) is 15.3. The lowest BCUT2D eigenvalue weighted by Gasteiger charge is -2.09. The van der Waals surface area contributed by atoms with E-state index in [2.05, 4.69) is 10.5 Å². The molecule has 0 atom stereocenters. The number of amides is 1. The number of carbonyl (C=O) groups is 1. The number of ether oxygens (including phenoxy) is 1. The average Bonchev–Trinajstić information content (AvgIpc) is 3.11. The van der Waals surface area contributed by atoms with Crippen molar-refractivity contribution in [2.75, 3.05) is 5.32 Å². The van der Waals surface area contributed by atoms with Crippen molar-refractivity contribution in [3.05, 3.63) is 81.8 Å². The lowest BCUT2D eigenvalue weighted by Crippen LogP contribution is -2.13. The Morgan fingerprint density at radius 3 is 2.69 bits per heavy atom. The molecule has 0 aliphatic carbocycles. The molecule has 146 valence electrons. The molecule has 0 saturated heterocycles. The van der Waals surface area contributed by atoms with Crippen LogP contribution in [0.3, 0.4) is 0 Å². The van der Waals surface area contributed by atoms with Crippen LogP contribution >= 0.6 is 11.6 Å². The maximum Gasteiger partial charge on any atom is 0.267 e. The number of carbonyl (C=O) groups excluding carboxylic acids is 1. The van der Waals surface area contributed by atoms with Gasteiger partial charge in [-0.05, 0) is 48.4 Å². The number of aromatic nitrogens is 1. The van der Waals surface area contributed by atoms with Gasteiger partial charge in [0.1, 0.15) is 35.6 Å². The number of benzene rings is 2. The lowest BCUT2D eigenvalue weighted by atomic mass is 10.1. The molecule has 6 nitrogen and oxygen atoms in total. The Morgan fingerprint density at radius 2 is 2.07 bits per heavy atom. The van der Waals surface area contributed by atoms with Gasteiger partial charge in [0.25, 0.3) is 5.91 Å². The van der Waals surface area contributed by atoms with Gasteiger partial charge in [0, 0.05) is 6.07 Å². The summed E-state index contributed by atoms with van der Waals surface area (Å²) in [5.74, 6) is 0.240. The summed E-state index contributed by atoms with van der Waals surface area (Å²) < 4.78 is 23.5. The van der Waals surface area contributed by atoms with E-state index < -0.39 is 5.91 Å². The normalized spacial score (nSPS) is 11.0. The van der Waals surface area contributed by atoms with Crippen molar-refractivity contribution in [3.63, 3.8) is 0 Å². The first-order valence-corrected chi connectivity index (χ1v) is 8.85. The quantitative estimate of drug-likeness (QED) is 0.460. The highest BCUT2D eigenvalue weighted by Gasteiger charge is 2.12. The summed E-state index contributed by atoms with van der Waals surface area (Å²) in [6, 6.07) is 14.2. The Kier molecular flexibility index (Phi) is 6.27. The van der Waals surface area contributed by atoms with Crippen molar-refractivity contribution in [3.8, 4) is 11.8 Å². The molecule has 29 heavy (non-hydrogen) atoms. The third-order valence-corrected chi connectivity index (χ3v) is 4.10. The zero-order valence-corrected chi connectivity index (χ0v) is 16.0. The number of aryl methyl sites for hydroxylation is 1. The summed E-state index contributed by atoms with van der Waals surface area (Å²) in [5, 5.41) is 15.7. The Hall–Kier alpha value is -3.63. The molecule has 0 unspecified atom stereocenters. The van der Waals surface area contributed by atoms with Gasteiger partial charge in [-0.2, -0.15) is 5.26 Å². The molecule has 1 heterocycles. The molecule has 0 saturated carbocycles. The summed E-state index contributed by atoms with van der Waals surface area (Å²) in [7, 11) is 0. The summed E-state index contributed by atoms with van der Waals surface area (Å²) in [6.07, 6.45) is 1.40. The monoisotopic (exact) mass is 411 g/mol. The van der Waals surface area contributed by atoms with Gasteiger partial charge in [0.05, 0.1) is 5.02 Å². The van der Waals surface area contributed by atoms with E-state index in [0.717, 1.165) is 5.56 Å². The smallest absolute Gasteiger partial charge is 0.267 e. The van der Waals surface area contributed by atoms with Crippen molar-refractivity contribution in [2.24, 2.45) is 0 Å². The van der Waals surface area contributed by atoms with E-state index in [4.69, 9.17) is 20.9 Å². The predicted octanol–water partition coefficient (Wildman–Crippen LogP) is 4.90. The highest BCUT2D eigenvalue weighted by molar-refractivity contribution is 6.32. The number of nitriles is 1. The molecule has 1 amide bonds. The van der Waals surface area contributed by atoms with E-state index in [1.54, 1.807) is 37.3 Å². The van der Waals surface area contributed by atoms with E-state index in [0.29, 0.717) is 22.1 Å². The number of hydrogen-bond acceptors (Lipinski definition) is 5. The molecular weight excluding hydrogens is 397 g/mol. The summed E-state index contributed by atoms with van der Waals surface area (Å²) in [6.45, 7) is 1.91. The number of nitrogens with one attached hydrogen (secondary N) is 1. The molecule has 0 fully saturated rings. The van der Waals surface area contributed by atoms with Crippen LogP contribution in [-0.4, -0.2) is 11.1 Å². The number of hydrogen-bond donors (Lipinski definition) is 1. The van der Waals surface area contributed by atoms with Gasteiger partial charge >= 0.3 is 0 Å². The van der Waals surface area contributed by atoms with Crippen LogP contribution in [0.25, 0.3) is 6.08 Å². The number of anilines is 1. The Morgan fingerprint density at radius 1 is 1.31 bits per heavy atom. The van der Waals surface area contributed by atoms with Crippen LogP contribution in [0.5, 0.6) is 5.75 Å². The standard InChI is InChI=1S/C21H15ClFN3O3/c1-13-8-20(26-29-13)25-21(27)16(11-24)9-15-4-7-19(18(22)10-15)28-12-14-2-5-17(23)6-3-14/h2-10H,12H2,1H3,(H,25,26,27)/b16-9-. The minimum Gasteiger partial charge on any atom is -0.487 e. The lowest BCUT2D eigenvalue weighted by molar-refractivity contribution is -0.112. The summed E-state index contributed by atoms with van der Waals surface area (Å²) >= 11 is 6.24. The molecule has 2 aromatic carbocycles. The zero-order chi connectivity index (χ0) is 20.8. The van der Waals surface area contributed by atoms with E-state index >= 15 is 0 Å². The van der Waals surface area contributed by atoms with Gasteiger partial charge in [0.15, 0.2) is 5.82 Å². The molecule has 3 aromatic rings. The molecule has 8 heteroatoms. The fourth-order valence-corrected chi connectivity index (χ4v) is 2.63. The van der Waals surface area contributed by atoms with Crippen LogP contribution < -0.4 is 10.1 Å². The third kappa shape index (κ3) is 5.43. The van der Waals surface area contributed by atoms with Gasteiger partial charge in [-0.3, -0.25) is 4.79 Å². The highest BCUT2D eigenvalue weighted by Crippen LogP contribution is 2.27. The molecule has 0 radical (unpaired) electrons. The average molecular weight is 412 g/mol. The number of rotatable bonds is 6. The van der Waals surface area contributed by atoms with E-state index in [1.165, 1.54) is 24.3 Å². The molecule has 1 N–H and O–H groups in total. The fourth-order valence-electron chi connectivity index (χ4n) is 2.39. The Balaban J connectivity index is 1.69. The third-order valence-electron chi connectivity index (χ3n) is 3.81. The molecule has 3 rings (SSSR count). The van der Waals surface area contributed by atoms with E-state index in [9.17, 15) is 14.4 Å². The van der Waals surface area contributed by atoms with E-state index in [1.807, 2.05) is 6.07 Å². The van der Waals surface area contributed by atoms with Crippen LogP contribution in [0, 0.1) is 24.1 Å². The van der Waals surface area contributed by atoms with Crippen LogP contribution in [0.2, 0.25) is 5.02 Å². The molecule has 0 bridgehead atoms. The Bertz CT molecular complexity index is 1100. The number of halogens is 2. The second-order valence-electron chi connectivity index (χ2n) is 6.05. The first-order chi connectivity index (χ1) is 13.9. The second kappa shape index (κ2) is 9.04. The summed E-state index contributed by atoms with van der Waals surface area (Å²) in [5.41, 5.74) is 1.21. The first kappa shape index (κ1) is 20.1. The van der Waals surface area contributed by atoms with Crippen LogP contribution in [0.4, 0.5) is 10.2 Å². The highest BCUT2D eigenvalue weighted by atomic mass is 35.5. The largest absolute Gasteiger partial charge is 0.487 e. The molecule has 0 aliphatic rings. The van der Waals surface area contributed by atoms with Crippen molar-refractivity contribution in [1.82, 2.24) is 5.16 Å². The molecule has 1 aromatic heterocycles. The van der Waals surface area contributed by atoms with Crippen molar-refractivity contribution in [2.45, 2.75) is 13.5 Å². The minimum absolute atomic E-state index is 0.123. The molecule has 0 aliphatic heterocycles. The SMILES string of the molecule is Cc1cc(NC(=O)/C(C#N)=C\c2ccc(OCc3ccc(F)cc3)c(Cl)c2)no1. The van der Waals surface area contributed by atoms with Gasteiger partial charge in [-0.25, -0.2) is 4.39 Å². The maximum atomic E-state index is 12.9. The van der Waals surface area contributed by atoms with Gasteiger partial charge < -0.3 is 14.6 Å². The van der Waals surface area contributed by atoms with Crippen molar-refractivity contribution in [1.29, 1.82) is 5.26 Å². The van der Waals surface area contributed by atoms with Crippen molar-refractivity contribution < 1.29 is 18.4 Å². The second-order valence-corrected chi connectivity index (χ2v) is 6.46. The van der Waals surface area contributed by atoms with Crippen LogP contribution in [0.15, 0.2) is 58.6 Å². The van der Waals surface area contributed by atoms with Crippen LogP contribution in [-0.2, 0) is 11.4 Å².